The maximum atomic E-state index is 8.10. The minimum Gasteiger partial charge on any atom is -0.464 e. The third-order valence-electron chi connectivity index (χ3n) is 2.06. The number of azide groups is 1. The molecule has 0 aliphatic carbocycles. The second-order valence-corrected chi connectivity index (χ2v) is 3.00. The predicted octanol–water partition coefficient (Wildman–Crippen LogP) is 3.76. The third kappa shape index (κ3) is 2.00. The second kappa shape index (κ2) is 4.35. The van der Waals surface area contributed by atoms with Gasteiger partial charge in [-0.25, -0.2) is 0 Å². The predicted molar refractivity (Wildman–Crippen MR) is 59.3 cm³/mol. The number of rotatable bonds is 3. The Labute approximate surface area is 86.4 Å². The number of benzene rings is 1. The van der Waals surface area contributed by atoms with E-state index in [0.29, 0.717) is 6.54 Å². The SMILES string of the molecule is [N-]=[N+]=NCC=Cc1coc2ccccc12. The van der Waals surface area contributed by atoms with Gasteiger partial charge in [-0.15, -0.1) is 0 Å². The molecule has 0 aliphatic rings. The molecular weight excluding hydrogens is 190 g/mol. The molecule has 0 saturated heterocycles. The van der Waals surface area contributed by atoms with Crippen molar-refractivity contribution < 1.29 is 4.42 Å². The van der Waals surface area contributed by atoms with Crippen LogP contribution in [-0.2, 0) is 0 Å². The first-order valence-corrected chi connectivity index (χ1v) is 4.55. The van der Waals surface area contributed by atoms with E-state index in [1.54, 1.807) is 12.3 Å². The van der Waals surface area contributed by atoms with Gasteiger partial charge in [0.05, 0.1) is 6.26 Å². The molecule has 0 aliphatic heterocycles. The van der Waals surface area contributed by atoms with Crippen LogP contribution < -0.4 is 0 Å². The molecule has 1 aromatic heterocycles. The molecule has 1 heterocycles. The summed E-state index contributed by atoms with van der Waals surface area (Å²) in [6.07, 6.45) is 5.38. The van der Waals surface area contributed by atoms with Gasteiger partial charge in [-0.1, -0.05) is 35.5 Å². The Morgan fingerprint density at radius 2 is 2.27 bits per heavy atom. The van der Waals surface area contributed by atoms with E-state index in [4.69, 9.17) is 9.95 Å². The van der Waals surface area contributed by atoms with Crippen molar-refractivity contribution in [2.75, 3.05) is 6.54 Å². The lowest BCUT2D eigenvalue weighted by Crippen LogP contribution is -1.70. The molecule has 0 atom stereocenters. The van der Waals surface area contributed by atoms with Gasteiger partial charge in [0.2, 0.25) is 0 Å². The van der Waals surface area contributed by atoms with Crippen LogP contribution in [0.3, 0.4) is 0 Å². The summed E-state index contributed by atoms with van der Waals surface area (Å²) >= 11 is 0. The third-order valence-corrected chi connectivity index (χ3v) is 2.06. The normalized spacial score (nSPS) is 10.7. The summed E-state index contributed by atoms with van der Waals surface area (Å²) in [5.74, 6) is 0. The first-order valence-electron chi connectivity index (χ1n) is 4.55. The topological polar surface area (TPSA) is 61.9 Å². The summed E-state index contributed by atoms with van der Waals surface area (Å²) in [5, 5.41) is 4.48. The Kier molecular flexibility index (Phi) is 2.72. The Morgan fingerprint density at radius 3 is 3.13 bits per heavy atom. The van der Waals surface area contributed by atoms with Gasteiger partial charge >= 0.3 is 0 Å². The van der Waals surface area contributed by atoms with Crippen molar-refractivity contribution in [3.05, 3.63) is 52.6 Å². The zero-order chi connectivity index (χ0) is 10.5. The van der Waals surface area contributed by atoms with Gasteiger partial charge in [0.25, 0.3) is 0 Å². The Morgan fingerprint density at radius 1 is 1.40 bits per heavy atom. The molecule has 4 heteroatoms. The fourth-order valence-electron chi connectivity index (χ4n) is 1.39. The Bertz CT molecular complexity index is 536. The van der Waals surface area contributed by atoms with Crippen LogP contribution in [0.1, 0.15) is 5.56 Å². The van der Waals surface area contributed by atoms with Crippen LogP contribution in [0.5, 0.6) is 0 Å². The summed E-state index contributed by atoms with van der Waals surface area (Å²) in [7, 11) is 0. The van der Waals surface area contributed by atoms with Crippen molar-refractivity contribution in [3.8, 4) is 0 Å². The smallest absolute Gasteiger partial charge is 0.134 e. The first-order chi connectivity index (χ1) is 7.42. The molecule has 4 nitrogen and oxygen atoms in total. The molecule has 0 bridgehead atoms. The summed E-state index contributed by atoms with van der Waals surface area (Å²) < 4.78 is 5.35. The monoisotopic (exact) mass is 199 g/mol. The highest BCUT2D eigenvalue weighted by Gasteiger charge is 2.00. The van der Waals surface area contributed by atoms with Gasteiger partial charge in [0, 0.05) is 22.4 Å². The van der Waals surface area contributed by atoms with Crippen molar-refractivity contribution >= 4 is 17.0 Å². The molecular formula is C11H9N3O. The number of hydrogen-bond acceptors (Lipinski definition) is 2. The molecule has 0 amide bonds. The lowest BCUT2D eigenvalue weighted by Gasteiger charge is -1.87. The van der Waals surface area contributed by atoms with E-state index in [9.17, 15) is 0 Å². The lowest BCUT2D eigenvalue weighted by atomic mass is 10.2. The number of hydrogen-bond donors (Lipinski definition) is 0. The molecule has 74 valence electrons. The van der Waals surface area contributed by atoms with Crippen LogP contribution in [0, 0.1) is 0 Å². The lowest BCUT2D eigenvalue weighted by molar-refractivity contribution is 0.615. The Hall–Kier alpha value is -2.19. The van der Waals surface area contributed by atoms with Crippen molar-refractivity contribution in [1.29, 1.82) is 0 Å². The summed E-state index contributed by atoms with van der Waals surface area (Å²) in [6.45, 7) is 0.357. The molecule has 0 saturated carbocycles. The van der Waals surface area contributed by atoms with E-state index in [2.05, 4.69) is 10.0 Å². The minimum absolute atomic E-state index is 0.357. The van der Waals surface area contributed by atoms with Crippen molar-refractivity contribution in [3.63, 3.8) is 0 Å². The standard InChI is InChI=1S/C11H9N3O/c12-14-13-7-3-4-9-8-15-11-6-2-1-5-10(9)11/h1-6,8H,7H2. The van der Waals surface area contributed by atoms with E-state index in [1.165, 1.54) is 0 Å². The largest absolute Gasteiger partial charge is 0.464 e. The van der Waals surface area contributed by atoms with Crippen LogP contribution in [-0.4, -0.2) is 6.54 Å². The zero-order valence-electron chi connectivity index (χ0n) is 8.00. The molecule has 0 spiro atoms. The molecule has 2 rings (SSSR count). The quantitative estimate of drug-likeness (QED) is 0.421. The molecule has 1 aromatic carbocycles. The molecule has 0 unspecified atom stereocenters. The summed E-state index contributed by atoms with van der Waals surface area (Å²) in [5.41, 5.74) is 9.96. The van der Waals surface area contributed by atoms with Crippen LogP contribution in [0.25, 0.3) is 27.5 Å². The Balaban J connectivity index is 2.28. The highest BCUT2D eigenvalue weighted by Crippen LogP contribution is 2.21. The molecule has 0 fully saturated rings. The van der Waals surface area contributed by atoms with E-state index >= 15 is 0 Å². The van der Waals surface area contributed by atoms with Crippen LogP contribution in [0.2, 0.25) is 0 Å². The summed E-state index contributed by atoms with van der Waals surface area (Å²) in [6, 6.07) is 7.80. The van der Waals surface area contributed by atoms with Crippen LogP contribution >= 0.6 is 0 Å². The van der Waals surface area contributed by atoms with E-state index in [1.807, 2.05) is 30.3 Å². The molecule has 0 N–H and O–H groups in total. The maximum Gasteiger partial charge on any atom is 0.134 e. The van der Waals surface area contributed by atoms with Gasteiger partial charge in [0.15, 0.2) is 0 Å². The maximum absolute atomic E-state index is 8.10. The number of nitrogens with zero attached hydrogens (tertiary/aromatic N) is 3. The fraction of sp³-hybridized carbons (Fsp3) is 0.0909. The van der Waals surface area contributed by atoms with E-state index < -0.39 is 0 Å². The van der Waals surface area contributed by atoms with E-state index in [0.717, 1.165) is 16.5 Å². The van der Waals surface area contributed by atoms with Gasteiger partial charge in [-0.05, 0) is 11.6 Å². The van der Waals surface area contributed by atoms with Crippen molar-refractivity contribution in [2.45, 2.75) is 0 Å². The van der Waals surface area contributed by atoms with Gasteiger partial charge < -0.3 is 4.42 Å². The van der Waals surface area contributed by atoms with Gasteiger partial charge in [0.1, 0.15) is 5.58 Å². The second-order valence-electron chi connectivity index (χ2n) is 3.00. The number of furan rings is 1. The fourth-order valence-corrected chi connectivity index (χ4v) is 1.39. The minimum atomic E-state index is 0.357. The zero-order valence-corrected chi connectivity index (χ0v) is 8.00. The summed E-state index contributed by atoms with van der Waals surface area (Å²) in [4.78, 5) is 2.67. The first kappa shape index (κ1) is 9.37. The molecule has 2 aromatic rings. The molecule has 15 heavy (non-hydrogen) atoms. The highest BCUT2D eigenvalue weighted by atomic mass is 16.3. The van der Waals surface area contributed by atoms with Gasteiger partial charge in [-0.2, -0.15) is 0 Å². The average molecular weight is 199 g/mol. The van der Waals surface area contributed by atoms with Crippen LogP contribution in [0.15, 0.2) is 46.1 Å². The molecule has 0 radical (unpaired) electrons. The van der Waals surface area contributed by atoms with Crippen molar-refractivity contribution in [2.24, 2.45) is 5.11 Å². The van der Waals surface area contributed by atoms with Gasteiger partial charge in [-0.3, -0.25) is 0 Å². The number of fused-ring (bicyclic) bond motifs is 1. The average Bonchev–Trinajstić information content (AvgIpc) is 2.68. The van der Waals surface area contributed by atoms with Crippen molar-refractivity contribution in [1.82, 2.24) is 0 Å². The highest BCUT2D eigenvalue weighted by molar-refractivity contribution is 5.86. The van der Waals surface area contributed by atoms with E-state index in [-0.39, 0.29) is 0 Å². The van der Waals surface area contributed by atoms with Crippen LogP contribution in [0.4, 0.5) is 0 Å². The number of para-hydroxylation sites is 1.